The van der Waals surface area contributed by atoms with Crippen molar-refractivity contribution in [2.45, 2.75) is 88.9 Å². The van der Waals surface area contributed by atoms with Crippen LogP contribution in [-0.2, 0) is 20.8 Å². The van der Waals surface area contributed by atoms with Crippen LogP contribution in [0.25, 0.3) is 0 Å². The van der Waals surface area contributed by atoms with E-state index in [1.165, 1.54) is 17.5 Å². The first-order chi connectivity index (χ1) is 16.0. The molecule has 1 heterocycles. The molecule has 3 amide bonds. The summed E-state index contributed by atoms with van der Waals surface area (Å²) >= 11 is 0. The maximum atomic E-state index is 13.7. The molecular weight excluding hydrogens is 416 g/mol. The summed E-state index contributed by atoms with van der Waals surface area (Å²) in [6.07, 6.45) is 9.94. The second-order valence-corrected chi connectivity index (χ2v) is 9.83. The molecule has 1 saturated heterocycles. The van der Waals surface area contributed by atoms with Gasteiger partial charge in [-0.2, -0.15) is 0 Å². The Morgan fingerprint density at radius 1 is 1.09 bits per heavy atom. The van der Waals surface area contributed by atoms with E-state index in [0.29, 0.717) is 13.0 Å². The molecule has 33 heavy (non-hydrogen) atoms. The lowest BCUT2D eigenvalue weighted by atomic mass is 9.83. The highest BCUT2D eigenvalue weighted by molar-refractivity contribution is 5.94. The van der Waals surface area contributed by atoms with E-state index in [-0.39, 0.29) is 35.7 Å². The van der Waals surface area contributed by atoms with Gasteiger partial charge < -0.3 is 21.3 Å². The van der Waals surface area contributed by atoms with Crippen LogP contribution in [-0.4, -0.2) is 47.3 Å². The lowest BCUT2D eigenvalue weighted by molar-refractivity contribution is -0.143. The van der Waals surface area contributed by atoms with E-state index in [2.05, 4.69) is 22.8 Å². The Balaban J connectivity index is 1.50. The van der Waals surface area contributed by atoms with Crippen LogP contribution < -0.4 is 16.4 Å². The average Bonchev–Trinajstić information content (AvgIpc) is 3.24. The van der Waals surface area contributed by atoms with Crippen LogP contribution in [0.2, 0.25) is 0 Å². The number of hydrogen-bond acceptors (Lipinski definition) is 4. The zero-order valence-electron chi connectivity index (χ0n) is 19.6. The summed E-state index contributed by atoms with van der Waals surface area (Å²) in [6.45, 7) is 2.01. The van der Waals surface area contributed by atoms with Crippen molar-refractivity contribution in [2.24, 2.45) is 11.7 Å². The number of nitrogens with zero attached hydrogens (tertiary/aromatic N) is 1. The van der Waals surface area contributed by atoms with Gasteiger partial charge in [0.25, 0.3) is 0 Å². The minimum atomic E-state index is -0.606. The number of rotatable bonds is 6. The van der Waals surface area contributed by atoms with Gasteiger partial charge in [-0.05, 0) is 55.6 Å². The Hall–Kier alpha value is -2.41. The fourth-order valence-corrected chi connectivity index (χ4v) is 5.80. The van der Waals surface area contributed by atoms with E-state index in [9.17, 15) is 14.4 Å². The average molecular weight is 454 g/mol. The van der Waals surface area contributed by atoms with Gasteiger partial charge in [0.05, 0.1) is 6.04 Å². The Bertz CT molecular complexity index is 867. The first-order valence-corrected chi connectivity index (χ1v) is 12.5. The van der Waals surface area contributed by atoms with E-state index >= 15 is 0 Å². The molecule has 2 fully saturated rings. The third-order valence-electron chi connectivity index (χ3n) is 7.55. The highest BCUT2D eigenvalue weighted by Gasteiger charge is 2.43. The van der Waals surface area contributed by atoms with E-state index in [1.54, 1.807) is 11.8 Å². The molecule has 0 unspecified atom stereocenters. The highest BCUT2D eigenvalue weighted by Crippen LogP contribution is 2.32. The summed E-state index contributed by atoms with van der Waals surface area (Å²) in [4.78, 5) is 40.9. The Kier molecular flexibility index (Phi) is 7.68. The number of amides is 3. The maximum absolute atomic E-state index is 13.7. The first-order valence-electron chi connectivity index (χ1n) is 12.5. The second kappa shape index (κ2) is 10.7. The van der Waals surface area contributed by atoms with Crippen LogP contribution >= 0.6 is 0 Å². The number of carbonyl (C=O) groups is 3. The summed E-state index contributed by atoms with van der Waals surface area (Å²) in [6, 6.07) is 6.75. The molecule has 0 bridgehead atoms. The Morgan fingerprint density at radius 2 is 1.85 bits per heavy atom. The largest absolute Gasteiger partial charge is 0.347 e. The topological polar surface area (TPSA) is 105 Å². The second-order valence-electron chi connectivity index (χ2n) is 9.83. The van der Waals surface area contributed by atoms with Gasteiger partial charge >= 0.3 is 0 Å². The summed E-state index contributed by atoms with van der Waals surface area (Å²) in [7, 11) is 0. The van der Waals surface area contributed by atoms with Crippen molar-refractivity contribution >= 4 is 17.7 Å². The molecule has 4 atom stereocenters. The van der Waals surface area contributed by atoms with Crippen molar-refractivity contribution in [3.05, 3.63) is 41.8 Å². The maximum Gasteiger partial charge on any atom is 0.246 e. The normalized spacial score (nSPS) is 26.4. The first kappa shape index (κ1) is 23.7. The fourth-order valence-electron chi connectivity index (χ4n) is 5.80. The highest BCUT2D eigenvalue weighted by atomic mass is 16.2. The van der Waals surface area contributed by atoms with Gasteiger partial charge in [0.2, 0.25) is 17.7 Å². The zero-order chi connectivity index (χ0) is 23.4. The molecule has 7 nitrogen and oxygen atoms in total. The fraction of sp³-hybridized carbons (Fsp3) is 0.615. The molecule has 2 aliphatic carbocycles. The molecule has 3 aliphatic rings. The number of hydrogen-bond donors (Lipinski definition) is 3. The van der Waals surface area contributed by atoms with Crippen LogP contribution in [0.1, 0.15) is 75.5 Å². The van der Waals surface area contributed by atoms with Gasteiger partial charge in [0, 0.05) is 19.0 Å². The van der Waals surface area contributed by atoms with Crippen LogP contribution in [0.4, 0.5) is 0 Å². The quantitative estimate of drug-likeness (QED) is 0.615. The van der Waals surface area contributed by atoms with Gasteiger partial charge in [-0.3, -0.25) is 14.4 Å². The molecule has 179 valence electrons. The minimum Gasteiger partial charge on any atom is -0.347 e. The lowest BCUT2D eigenvalue weighted by Gasteiger charge is -2.35. The lowest BCUT2D eigenvalue weighted by Crippen LogP contribution is -2.56. The van der Waals surface area contributed by atoms with Gasteiger partial charge in [-0.25, -0.2) is 0 Å². The van der Waals surface area contributed by atoms with Crippen molar-refractivity contribution in [3.8, 4) is 0 Å². The third kappa shape index (κ3) is 5.40. The standard InChI is InChI=1S/C26H37N4O3/c1-2-23(31)29-24(18-10-4-3-5-11-18)26(33)30-16-19(27)15-22(30)25(32)28-21-14-8-12-17-9-6-7-13-20(17)21/h2,6-7,9,13,18-19,21-22,24H,3-5,8,10-12,14-16,27H2,1H3,(H,28,32)(H,29,31)/t19-,21+,22-,24-/m0/s1. The van der Waals surface area contributed by atoms with Crippen molar-refractivity contribution in [3.63, 3.8) is 0 Å². The molecule has 4 N–H and O–H groups in total. The summed E-state index contributed by atoms with van der Waals surface area (Å²) in [5, 5.41) is 6.13. The molecule has 1 radical (unpaired) electrons. The van der Waals surface area contributed by atoms with Gasteiger partial charge in [-0.15, -0.1) is 0 Å². The number of carbonyl (C=O) groups excluding carboxylic acids is 3. The number of nitrogens with one attached hydrogen (secondary N) is 2. The number of aryl methyl sites for hydroxylation is 1. The van der Waals surface area contributed by atoms with E-state index in [4.69, 9.17) is 5.73 Å². The van der Waals surface area contributed by atoms with Crippen LogP contribution in [0.5, 0.6) is 0 Å². The van der Waals surface area contributed by atoms with E-state index < -0.39 is 12.1 Å². The Morgan fingerprint density at radius 3 is 2.61 bits per heavy atom. The number of fused-ring (bicyclic) bond motifs is 1. The monoisotopic (exact) mass is 453 g/mol. The van der Waals surface area contributed by atoms with E-state index in [1.807, 2.05) is 12.1 Å². The van der Waals surface area contributed by atoms with Crippen LogP contribution in [0, 0.1) is 12.3 Å². The summed E-state index contributed by atoms with van der Waals surface area (Å²) in [5.74, 6) is -0.467. The van der Waals surface area contributed by atoms with Crippen molar-refractivity contribution in [1.29, 1.82) is 0 Å². The number of likely N-dealkylation sites (tertiary alicyclic amines) is 1. The van der Waals surface area contributed by atoms with E-state index in [0.717, 1.165) is 51.4 Å². The molecule has 4 rings (SSSR count). The molecular formula is C26H37N4O3. The molecule has 1 saturated carbocycles. The molecule has 1 aromatic carbocycles. The smallest absolute Gasteiger partial charge is 0.246 e. The zero-order valence-corrected chi connectivity index (χ0v) is 19.6. The van der Waals surface area contributed by atoms with Crippen molar-refractivity contribution < 1.29 is 14.4 Å². The van der Waals surface area contributed by atoms with Crippen molar-refractivity contribution in [2.75, 3.05) is 6.54 Å². The van der Waals surface area contributed by atoms with Crippen LogP contribution in [0.15, 0.2) is 24.3 Å². The Labute approximate surface area is 196 Å². The van der Waals surface area contributed by atoms with Gasteiger partial charge in [-0.1, -0.05) is 50.5 Å². The summed E-state index contributed by atoms with van der Waals surface area (Å²) in [5.41, 5.74) is 8.69. The van der Waals surface area contributed by atoms with Gasteiger partial charge in [0.1, 0.15) is 12.1 Å². The molecule has 7 heteroatoms. The summed E-state index contributed by atoms with van der Waals surface area (Å²) < 4.78 is 0. The van der Waals surface area contributed by atoms with Crippen molar-refractivity contribution in [1.82, 2.24) is 15.5 Å². The van der Waals surface area contributed by atoms with Gasteiger partial charge in [0.15, 0.2) is 0 Å². The SMILES string of the molecule is C[CH]C(=O)N[C@H](C(=O)N1C[C@@H](N)C[C@H]1C(=O)N[C@@H]1CCCc2ccccc21)C1CCCCC1. The molecule has 1 aliphatic heterocycles. The predicted molar refractivity (Wildman–Crippen MR) is 127 cm³/mol. The molecule has 0 aromatic heterocycles. The third-order valence-corrected chi connectivity index (χ3v) is 7.55. The predicted octanol–water partition coefficient (Wildman–Crippen LogP) is 2.40. The van der Waals surface area contributed by atoms with Crippen LogP contribution in [0.3, 0.4) is 0 Å². The number of nitrogens with two attached hydrogens (primary N) is 1. The molecule has 0 spiro atoms. The minimum absolute atomic E-state index is 0.0419. The number of benzene rings is 1. The molecule has 1 aromatic rings.